The molecule has 2 unspecified atom stereocenters. The fourth-order valence-corrected chi connectivity index (χ4v) is 4.78. The molecule has 0 radical (unpaired) electrons. The molecular weight excluding hydrogens is 350 g/mol. The van der Waals surface area contributed by atoms with Gasteiger partial charge in [-0.2, -0.15) is 4.31 Å². The Morgan fingerprint density at radius 1 is 1.25 bits per heavy atom. The first kappa shape index (κ1) is 17.7. The number of hydrogen-bond acceptors (Lipinski definition) is 4. The van der Waals surface area contributed by atoms with Gasteiger partial charge in [-0.3, -0.25) is 4.79 Å². The van der Waals surface area contributed by atoms with Gasteiger partial charge in [-0.05, 0) is 50.1 Å². The molecule has 24 heavy (non-hydrogen) atoms. The maximum atomic E-state index is 12.7. The van der Waals surface area contributed by atoms with E-state index < -0.39 is 10.0 Å². The van der Waals surface area contributed by atoms with Crippen molar-refractivity contribution < 1.29 is 13.2 Å². The first-order valence-electron chi connectivity index (χ1n) is 8.13. The van der Waals surface area contributed by atoms with Crippen LogP contribution in [0.15, 0.2) is 29.2 Å². The summed E-state index contributed by atoms with van der Waals surface area (Å²) in [4.78, 5) is 14.8. The van der Waals surface area contributed by atoms with Crippen molar-refractivity contribution in [2.75, 3.05) is 26.7 Å². The zero-order chi connectivity index (χ0) is 17.3. The second kappa shape index (κ2) is 7.00. The third-order valence-electron chi connectivity index (χ3n) is 4.82. The van der Waals surface area contributed by atoms with Crippen molar-refractivity contribution in [3.63, 3.8) is 0 Å². The fourth-order valence-electron chi connectivity index (χ4n) is 3.53. The molecule has 2 atom stereocenters. The van der Waals surface area contributed by atoms with Crippen LogP contribution >= 0.6 is 11.6 Å². The highest BCUT2D eigenvalue weighted by atomic mass is 35.5. The van der Waals surface area contributed by atoms with Crippen LogP contribution in [-0.2, 0) is 14.8 Å². The Morgan fingerprint density at radius 3 is 2.62 bits per heavy atom. The molecule has 1 aromatic rings. The van der Waals surface area contributed by atoms with E-state index in [4.69, 9.17) is 11.6 Å². The molecule has 1 N–H and O–H groups in total. The number of benzene rings is 1. The molecule has 8 heteroatoms. The molecule has 2 bridgehead atoms. The molecular formula is C16H22ClN3O3S. The molecule has 1 aromatic carbocycles. The van der Waals surface area contributed by atoms with Crippen LogP contribution in [0.25, 0.3) is 0 Å². The van der Waals surface area contributed by atoms with Gasteiger partial charge in [-0.15, -0.1) is 0 Å². The minimum Gasteiger partial charge on any atom is -0.334 e. The maximum Gasteiger partial charge on any atom is 0.243 e. The van der Waals surface area contributed by atoms with E-state index in [-0.39, 0.29) is 29.4 Å². The quantitative estimate of drug-likeness (QED) is 0.866. The Kier molecular flexibility index (Phi) is 5.15. The Bertz CT molecular complexity index is 694. The van der Waals surface area contributed by atoms with Crippen molar-refractivity contribution in [1.82, 2.24) is 14.5 Å². The highest BCUT2D eigenvalue weighted by molar-refractivity contribution is 7.89. The van der Waals surface area contributed by atoms with Crippen molar-refractivity contribution >= 4 is 27.5 Å². The van der Waals surface area contributed by atoms with Gasteiger partial charge in [0.15, 0.2) is 0 Å². The number of sulfonamides is 1. The molecule has 3 rings (SSSR count). The molecule has 0 spiro atoms. The molecule has 6 nitrogen and oxygen atoms in total. The summed E-state index contributed by atoms with van der Waals surface area (Å²) in [7, 11) is -2.26. The number of nitrogens with zero attached hydrogens (tertiary/aromatic N) is 2. The minimum atomic E-state index is -3.70. The van der Waals surface area contributed by atoms with E-state index in [1.807, 2.05) is 4.90 Å². The number of carbonyl (C=O) groups excluding carboxylic acids is 1. The van der Waals surface area contributed by atoms with Crippen molar-refractivity contribution in [3.05, 3.63) is 29.3 Å². The number of halogens is 1. The summed E-state index contributed by atoms with van der Waals surface area (Å²) < 4.78 is 26.3. The van der Waals surface area contributed by atoms with Crippen molar-refractivity contribution in [2.45, 2.75) is 36.2 Å². The van der Waals surface area contributed by atoms with E-state index in [1.54, 1.807) is 0 Å². The van der Waals surface area contributed by atoms with Gasteiger partial charge in [-0.25, -0.2) is 8.42 Å². The standard InChI is InChI=1S/C16H22ClN3O3S/c1-19(24(22,23)15-6-2-12(17)3-7-15)11-16(21)20-13-4-5-14(20)10-18-9-8-13/h2-3,6-7,13-14,18H,4-5,8-11H2,1H3. The van der Waals surface area contributed by atoms with Crippen LogP contribution in [0.3, 0.4) is 0 Å². The first-order valence-corrected chi connectivity index (χ1v) is 9.95. The fraction of sp³-hybridized carbons (Fsp3) is 0.562. The number of likely N-dealkylation sites (N-methyl/N-ethyl adjacent to an activating group) is 1. The number of carbonyl (C=O) groups is 1. The molecule has 1 amide bonds. The van der Waals surface area contributed by atoms with Crippen LogP contribution in [0.5, 0.6) is 0 Å². The molecule has 2 fully saturated rings. The van der Waals surface area contributed by atoms with Crippen molar-refractivity contribution in [1.29, 1.82) is 0 Å². The van der Waals surface area contributed by atoms with Crippen LogP contribution < -0.4 is 5.32 Å². The maximum absolute atomic E-state index is 12.7. The van der Waals surface area contributed by atoms with Gasteiger partial charge in [0.05, 0.1) is 11.4 Å². The average molecular weight is 372 g/mol. The van der Waals surface area contributed by atoms with E-state index in [9.17, 15) is 13.2 Å². The number of amides is 1. The molecule has 2 aliphatic heterocycles. The third-order valence-corrected chi connectivity index (χ3v) is 6.89. The number of rotatable bonds is 4. The summed E-state index contributed by atoms with van der Waals surface area (Å²) in [6, 6.07) is 6.38. The van der Waals surface area contributed by atoms with E-state index in [0.717, 1.165) is 36.7 Å². The highest BCUT2D eigenvalue weighted by Gasteiger charge is 2.38. The van der Waals surface area contributed by atoms with Gasteiger partial charge >= 0.3 is 0 Å². The summed E-state index contributed by atoms with van der Waals surface area (Å²) in [5.41, 5.74) is 0. The molecule has 2 aliphatic rings. The number of fused-ring (bicyclic) bond motifs is 2. The van der Waals surface area contributed by atoms with Crippen LogP contribution in [0.1, 0.15) is 19.3 Å². The Hall–Kier alpha value is -1.15. The Morgan fingerprint density at radius 2 is 1.92 bits per heavy atom. The molecule has 132 valence electrons. The second-order valence-electron chi connectivity index (χ2n) is 6.39. The molecule has 2 saturated heterocycles. The zero-order valence-electron chi connectivity index (χ0n) is 13.6. The van der Waals surface area contributed by atoms with E-state index in [1.165, 1.54) is 31.3 Å². The van der Waals surface area contributed by atoms with Gasteiger partial charge in [-0.1, -0.05) is 11.6 Å². The first-order chi connectivity index (χ1) is 11.4. The lowest BCUT2D eigenvalue weighted by Gasteiger charge is -2.29. The van der Waals surface area contributed by atoms with Gasteiger partial charge < -0.3 is 10.2 Å². The van der Waals surface area contributed by atoms with E-state index >= 15 is 0 Å². The number of hydrogen-bond donors (Lipinski definition) is 1. The SMILES string of the molecule is CN(CC(=O)N1C2CCNCC1CC2)S(=O)(=O)c1ccc(Cl)cc1. The van der Waals surface area contributed by atoms with Crippen molar-refractivity contribution in [3.8, 4) is 0 Å². The lowest BCUT2D eigenvalue weighted by atomic mass is 10.1. The Balaban J connectivity index is 1.73. The van der Waals surface area contributed by atoms with Gasteiger partial charge in [0.2, 0.25) is 15.9 Å². The third kappa shape index (κ3) is 3.44. The van der Waals surface area contributed by atoms with Crippen molar-refractivity contribution in [2.24, 2.45) is 0 Å². The average Bonchev–Trinajstić information content (AvgIpc) is 2.80. The van der Waals surface area contributed by atoms with Crippen LogP contribution in [0.2, 0.25) is 5.02 Å². The summed E-state index contributed by atoms with van der Waals surface area (Å²) in [6.45, 7) is 1.55. The second-order valence-corrected chi connectivity index (χ2v) is 8.88. The summed E-state index contributed by atoms with van der Waals surface area (Å²) in [6.07, 6.45) is 2.92. The molecule has 0 aliphatic carbocycles. The Labute approximate surface area is 147 Å². The van der Waals surface area contributed by atoms with Gasteiger partial charge in [0.25, 0.3) is 0 Å². The van der Waals surface area contributed by atoms with Crippen LogP contribution in [0.4, 0.5) is 0 Å². The lowest BCUT2D eigenvalue weighted by molar-refractivity contribution is -0.133. The van der Waals surface area contributed by atoms with Gasteiger partial charge in [0.1, 0.15) is 0 Å². The molecule has 0 aromatic heterocycles. The molecule has 2 heterocycles. The minimum absolute atomic E-state index is 0.119. The molecule has 0 saturated carbocycles. The predicted molar refractivity (Wildman–Crippen MR) is 92.4 cm³/mol. The summed E-state index contributed by atoms with van der Waals surface area (Å²) >= 11 is 5.81. The van der Waals surface area contributed by atoms with Crippen LogP contribution in [-0.4, -0.2) is 62.3 Å². The monoisotopic (exact) mass is 371 g/mol. The van der Waals surface area contributed by atoms with Gasteiger partial charge in [0, 0.05) is 30.7 Å². The van der Waals surface area contributed by atoms with E-state index in [0.29, 0.717) is 5.02 Å². The topological polar surface area (TPSA) is 69.7 Å². The predicted octanol–water partition coefficient (Wildman–Crippen LogP) is 1.31. The largest absolute Gasteiger partial charge is 0.334 e. The highest BCUT2D eigenvalue weighted by Crippen LogP contribution is 2.28. The smallest absolute Gasteiger partial charge is 0.243 e. The normalized spacial score (nSPS) is 24.2. The zero-order valence-corrected chi connectivity index (χ0v) is 15.2. The summed E-state index contributed by atoms with van der Waals surface area (Å²) in [5.74, 6) is -0.119. The number of nitrogens with one attached hydrogen (secondary N) is 1. The lowest BCUT2D eigenvalue weighted by Crippen LogP contribution is -2.47. The van der Waals surface area contributed by atoms with Crippen LogP contribution in [0, 0.1) is 0 Å². The van der Waals surface area contributed by atoms with E-state index in [2.05, 4.69) is 5.32 Å². The summed E-state index contributed by atoms with van der Waals surface area (Å²) in [5, 5.41) is 3.81.